The maximum absolute atomic E-state index is 12.9. The highest BCUT2D eigenvalue weighted by molar-refractivity contribution is 7.53. The second kappa shape index (κ2) is 9.57. The number of anilines is 3. The van der Waals surface area contributed by atoms with Crippen molar-refractivity contribution in [2.24, 2.45) is 17.8 Å². The minimum atomic E-state index is -3.17. The van der Waals surface area contributed by atoms with Crippen LogP contribution in [0.25, 0.3) is 0 Å². The molecule has 6 rings (SSSR count). The maximum Gasteiger partial charge on any atom is 0.335 e. The molecule has 4 bridgehead atoms. The molecule has 1 aromatic heterocycles. The van der Waals surface area contributed by atoms with Crippen molar-refractivity contribution in [1.29, 1.82) is 0 Å². The molecule has 0 saturated heterocycles. The van der Waals surface area contributed by atoms with Gasteiger partial charge >= 0.3 is 7.60 Å². The van der Waals surface area contributed by atoms with Gasteiger partial charge in [-0.2, -0.15) is 4.98 Å². The van der Waals surface area contributed by atoms with Crippen molar-refractivity contribution in [2.75, 3.05) is 23.8 Å². The number of aromatic nitrogens is 2. The van der Waals surface area contributed by atoms with Gasteiger partial charge in [0.05, 0.1) is 25.0 Å². The summed E-state index contributed by atoms with van der Waals surface area (Å²) in [6.07, 6.45) is 7.15. The Hall–Kier alpha value is -1.99. The molecule has 4 saturated carbocycles. The Balaban J connectivity index is 1.26. The van der Waals surface area contributed by atoms with E-state index in [0.717, 1.165) is 36.3 Å². The fraction of sp³-hybridized carbons (Fsp3) is 0.600. The van der Waals surface area contributed by atoms with Crippen molar-refractivity contribution >= 4 is 25.0 Å². The molecular weight excluding hydrogens is 451 g/mol. The summed E-state index contributed by atoms with van der Waals surface area (Å²) in [4.78, 5) is 9.09. The summed E-state index contributed by atoms with van der Waals surface area (Å²) in [7, 11) is -3.17. The van der Waals surface area contributed by atoms with Crippen LogP contribution < -0.4 is 10.6 Å². The molecule has 1 aromatic carbocycles. The predicted octanol–water partition coefficient (Wildman–Crippen LogP) is 5.34. The lowest BCUT2D eigenvalue weighted by Crippen LogP contribution is -2.59. The van der Waals surface area contributed by atoms with Gasteiger partial charge in [-0.25, -0.2) is 4.98 Å². The Morgan fingerprint density at radius 2 is 1.85 bits per heavy atom. The molecule has 0 aliphatic heterocycles. The quantitative estimate of drug-likeness (QED) is 0.387. The zero-order chi connectivity index (χ0) is 23.8. The molecule has 0 amide bonds. The van der Waals surface area contributed by atoms with E-state index in [4.69, 9.17) is 14.0 Å². The molecule has 2 atom stereocenters. The van der Waals surface area contributed by atoms with Crippen LogP contribution in [0, 0.1) is 17.8 Å². The van der Waals surface area contributed by atoms with E-state index < -0.39 is 13.2 Å². The minimum Gasteiger partial charge on any atom is -0.390 e. The molecule has 4 fully saturated rings. The van der Waals surface area contributed by atoms with Crippen LogP contribution in [0.2, 0.25) is 0 Å². The summed E-state index contributed by atoms with van der Waals surface area (Å²) in [5.74, 6) is 2.99. The van der Waals surface area contributed by atoms with Crippen molar-refractivity contribution in [3.05, 3.63) is 42.1 Å². The third kappa shape index (κ3) is 5.15. The van der Waals surface area contributed by atoms with Crippen LogP contribution in [-0.4, -0.2) is 39.9 Å². The summed E-state index contributed by atoms with van der Waals surface area (Å²) >= 11 is 0. The first-order valence-electron chi connectivity index (χ1n) is 12.4. The van der Waals surface area contributed by atoms with Crippen LogP contribution in [0.5, 0.6) is 0 Å². The maximum atomic E-state index is 12.9. The summed E-state index contributed by atoms with van der Waals surface area (Å²) in [6, 6.07) is 9.93. The van der Waals surface area contributed by atoms with Gasteiger partial charge in [0.1, 0.15) is 5.82 Å². The molecule has 3 N–H and O–H groups in total. The molecule has 4 aliphatic rings. The van der Waals surface area contributed by atoms with E-state index in [9.17, 15) is 9.67 Å². The highest BCUT2D eigenvalue weighted by Crippen LogP contribution is 2.56. The molecule has 2 aromatic rings. The van der Waals surface area contributed by atoms with Crippen molar-refractivity contribution < 1.29 is 18.7 Å². The number of rotatable bonds is 10. The molecule has 1 heterocycles. The van der Waals surface area contributed by atoms with Crippen LogP contribution in [0.1, 0.15) is 51.5 Å². The summed E-state index contributed by atoms with van der Waals surface area (Å²) < 4.78 is 23.8. The topological polar surface area (TPSA) is 106 Å². The van der Waals surface area contributed by atoms with Gasteiger partial charge in [0.2, 0.25) is 5.95 Å². The normalized spacial score (nSPS) is 29.9. The van der Waals surface area contributed by atoms with E-state index in [2.05, 4.69) is 15.6 Å². The van der Waals surface area contributed by atoms with Gasteiger partial charge in [-0.1, -0.05) is 12.1 Å². The first kappa shape index (κ1) is 23.7. The minimum absolute atomic E-state index is 0.213. The highest BCUT2D eigenvalue weighted by Gasteiger charge is 2.54. The molecule has 34 heavy (non-hydrogen) atoms. The average Bonchev–Trinajstić information content (AvgIpc) is 2.76. The van der Waals surface area contributed by atoms with Crippen molar-refractivity contribution in [2.45, 2.75) is 63.8 Å². The van der Waals surface area contributed by atoms with Gasteiger partial charge in [0.25, 0.3) is 0 Å². The van der Waals surface area contributed by atoms with E-state index in [0.29, 0.717) is 43.0 Å². The first-order chi connectivity index (χ1) is 16.4. The predicted molar refractivity (Wildman–Crippen MR) is 132 cm³/mol. The Labute approximate surface area is 201 Å². The Morgan fingerprint density at radius 1 is 1.12 bits per heavy atom. The van der Waals surface area contributed by atoms with Crippen molar-refractivity contribution in [3.8, 4) is 0 Å². The summed E-state index contributed by atoms with van der Waals surface area (Å²) in [5, 5.41) is 17.8. The lowest BCUT2D eigenvalue weighted by Gasteiger charge is -2.58. The van der Waals surface area contributed by atoms with E-state index in [1.165, 1.54) is 12.8 Å². The lowest BCUT2D eigenvalue weighted by atomic mass is 9.52. The standard InChI is InChI=1S/C25H35N4O4P/c1-3-32-34(31,33-4-2)16-17-6-5-7-21(12-17)27-24-26-9-8-22(29-24)28-23-19-10-18-11-20(23)15-25(30,13-18)14-19/h5-9,12,18-20,23,30H,3-4,10-11,13-16H2,1-2H3,(H2,26,27,28,29)/t18?,19?,20?,23-,25-. The third-order valence-electron chi connectivity index (χ3n) is 7.42. The smallest absolute Gasteiger partial charge is 0.335 e. The fourth-order valence-electron chi connectivity index (χ4n) is 6.51. The van der Waals surface area contributed by atoms with Gasteiger partial charge in [-0.05, 0) is 87.5 Å². The monoisotopic (exact) mass is 486 g/mol. The van der Waals surface area contributed by atoms with Crippen LogP contribution >= 0.6 is 7.60 Å². The summed E-state index contributed by atoms with van der Waals surface area (Å²) in [6.45, 7) is 4.30. The number of nitrogens with zero attached hydrogens (tertiary/aromatic N) is 2. The highest BCUT2D eigenvalue weighted by atomic mass is 31.2. The molecule has 0 radical (unpaired) electrons. The molecule has 8 nitrogen and oxygen atoms in total. The Morgan fingerprint density at radius 3 is 2.53 bits per heavy atom. The van der Waals surface area contributed by atoms with E-state index in [1.54, 1.807) is 6.20 Å². The van der Waals surface area contributed by atoms with E-state index >= 15 is 0 Å². The molecular formula is C25H35N4O4P. The third-order valence-corrected chi connectivity index (χ3v) is 9.48. The number of benzene rings is 1. The van der Waals surface area contributed by atoms with Crippen molar-refractivity contribution in [3.63, 3.8) is 0 Å². The van der Waals surface area contributed by atoms with Gasteiger partial charge < -0.3 is 24.8 Å². The zero-order valence-corrected chi connectivity index (χ0v) is 20.8. The SMILES string of the molecule is CCOP(=O)(Cc1cccc(Nc2nccc(N[C@H]3C4CC5CC3C[C@](O)(C5)C4)n2)c1)OCC. The molecule has 4 aliphatic carbocycles. The van der Waals surface area contributed by atoms with Gasteiger partial charge in [0, 0.05) is 17.9 Å². The van der Waals surface area contributed by atoms with Gasteiger partial charge in [0.15, 0.2) is 0 Å². The van der Waals surface area contributed by atoms with Crippen LogP contribution in [-0.2, 0) is 19.8 Å². The van der Waals surface area contributed by atoms with E-state index in [1.807, 2.05) is 44.2 Å². The molecule has 184 valence electrons. The molecule has 0 spiro atoms. The Kier molecular flexibility index (Phi) is 6.68. The molecule has 9 heteroatoms. The number of hydrogen-bond acceptors (Lipinski definition) is 8. The van der Waals surface area contributed by atoms with Gasteiger partial charge in [-0.15, -0.1) is 0 Å². The number of aliphatic hydroxyl groups is 1. The van der Waals surface area contributed by atoms with Gasteiger partial charge in [-0.3, -0.25) is 4.57 Å². The zero-order valence-electron chi connectivity index (χ0n) is 19.9. The van der Waals surface area contributed by atoms with Crippen LogP contribution in [0.4, 0.5) is 17.5 Å². The van der Waals surface area contributed by atoms with Crippen LogP contribution in [0.3, 0.4) is 0 Å². The second-order valence-electron chi connectivity index (χ2n) is 10.1. The summed E-state index contributed by atoms with van der Waals surface area (Å²) in [5.41, 5.74) is 1.23. The Bertz CT molecular complexity index is 1040. The number of hydrogen-bond donors (Lipinski definition) is 3. The van der Waals surface area contributed by atoms with Crippen molar-refractivity contribution in [1.82, 2.24) is 9.97 Å². The fourth-order valence-corrected chi connectivity index (χ4v) is 8.20. The molecule has 2 unspecified atom stereocenters. The van der Waals surface area contributed by atoms with E-state index in [-0.39, 0.29) is 6.16 Å². The first-order valence-corrected chi connectivity index (χ1v) is 14.2. The number of nitrogens with one attached hydrogen (secondary N) is 2. The largest absolute Gasteiger partial charge is 0.390 e. The lowest BCUT2D eigenvalue weighted by molar-refractivity contribution is -0.129. The van der Waals surface area contributed by atoms with Crippen LogP contribution in [0.15, 0.2) is 36.5 Å². The average molecular weight is 487 g/mol. The second-order valence-corrected chi connectivity index (χ2v) is 12.1.